The summed E-state index contributed by atoms with van der Waals surface area (Å²) in [6.45, 7) is 9.15. The molecule has 0 aliphatic rings. The lowest BCUT2D eigenvalue weighted by Crippen LogP contribution is -2.11. The molecule has 2 rings (SSSR count). The highest BCUT2D eigenvalue weighted by molar-refractivity contribution is 5.63. The first kappa shape index (κ1) is 18.7. The van der Waals surface area contributed by atoms with Crippen LogP contribution in [0.15, 0.2) is 55.1 Å². The number of benzene rings is 2. The Morgan fingerprint density at radius 1 is 1.04 bits per heavy atom. The second kappa shape index (κ2) is 8.97. The van der Waals surface area contributed by atoms with Crippen LogP contribution in [-0.2, 0) is 6.54 Å². The van der Waals surface area contributed by atoms with Gasteiger partial charge in [-0.15, -0.1) is 0 Å². The molecule has 0 spiro atoms. The molecule has 0 bridgehead atoms. The summed E-state index contributed by atoms with van der Waals surface area (Å²) >= 11 is 0. The van der Waals surface area contributed by atoms with Gasteiger partial charge < -0.3 is 14.8 Å². The van der Waals surface area contributed by atoms with Gasteiger partial charge in [-0.3, -0.25) is 0 Å². The summed E-state index contributed by atoms with van der Waals surface area (Å²) in [5.41, 5.74) is 4.29. The number of hydrogen-bond acceptors (Lipinski definition) is 3. The Hall–Kier alpha value is -2.68. The monoisotopic (exact) mass is 337 g/mol. The maximum Gasteiger partial charge on any atom is 0.161 e. The molecule has 0 saturated carbocycles. The van der Waals surface area contributed by atoms with Crippen molar-refractivity contribution in [3.8, 4) is 11.5 Å². The van der Waals surface area contributed by atoms with Gasteiger partial charge in [-0.05, 0) is 34.7 Å². The van der Waals surface area contributed by atoms with E-state index in [4.69, 9.17) is 9.47 Å². The fourth-order valence-corrected chi connectivity index (χ4v) is 2.40. The molecule has 132 valence electrons. The summed E-state index contributed by atoms with van der Waals surface area (Å²) < 4.78 is 10.6. The van der Waals surface area contributed by atoms with Gasteiger partial charge in [0.2, 0.25) is 0 Å². The van der Waals surface area contributed by atoms with Gasteiger partial charge in [0.15, 0.2) is 11.5 Å². The highest BCUT2D eigenvalue weighted by Gasteiger charge is 2.05. The van der Waals surface area contributed by atoms with E-state index in [0.717, 1.165) is 28.3 Å². The summed E-state index contributed by atoms with van der Waals surface area (Å²) in [5.74, 6) is 2.02. The lowest BCUT2D eigenvalue weighted by molar-refractivity contribution is 0.354. The van der Waals surface area contributed by atoms with Crippen molar-refractivity contribution in [3.63, 3.8) is 0 Å². The minimum atomic E-state index is 0.554. The predicted octanol–water partition coefficient (Wildman–Crippen LogP) is 5.13. The van der Waals surface area contributed by atoms with Crippen molar-refractivity contribution in [3.05, 3.63) is 71.8 Å². The summed E-state index contributed by atoms with van der Waals surface area (Å²) in [5, 5.41) is 3.36. The third kappa shape index (κ3) is 5.42. The minimum Gasteiger partial charge on any atom is -0.493 e. The van der Waals surface area contributed by atoms with Gasteiger partial charge in [-0.25, -0.2) is 0 Å². The number of hydrogen-bond donors (Lipinski definition) is 1. The highest BCUT2D eigenvalue weighted by atomic mass is 16.5. The van der Waals surface area contributed by atoms with E-state index >= 15 is 0 Å². The highest BCUT2D eigenvalue weighted by Crippen LogP contribution is 2.27. The van der Waals surface area contributed by atoms with Gasteiger partial charge in [-0.2, -0.15) is 0 Å². The van der Waals surface area contributed by atoms with Crippen molar-refractivity contribution in [1.29, 1.82) is 0 Å². The summed E-state index contributed by atoms with van der Waals surface area (Å²) in [4.78, 5) is 0. The molecule has 0 amide bonds. The molecule has 0 heterocycles. The maximum atomic E-state index is 5.34. The zero-order valence-electron chi connectivity index (χ0n) is 15.5. The van der Waals surface area contributed by atoms with E-state index in [0.29, 0.717) is 12.5 Å². The minimum absolute atomic E-state index is 0.554. The van der Waals surface area contributed by atoms with E-state index in [2.05, 4.69) is 62.2 Å². The Morgan fingerprint density at radius 2 is 1.72 bits per heavy atom. The van der Waals surface area contributed by atoms with Crippen LogP contribution in [-0.4, -0.2) is 14.2 Å². The number of rotatable bonds is 8. The second-order valence-electron chi connectivity index (χ2n) is 6.25. The zero-order valence-corrected chi connectivity index (χ0v) is 15.5. The fourth-order valence-electron chi connectivity index (χ4n) is 2.40. The van der Waals surface area contributed by atoms with Crippen molar-refractivity contribution in [2.45, 2.75) is 20.4 Å². The Labute approximate surface area is 151 Å². The molecule has 0 fully saturated rings. The molecule has 25 heavy (non-hydrogen) atoms. The maximum absolute atomic E-state index is 5.34. The molecule has 0 saturated heterocycles. The van der Waals surface area contributed by atoms with E-state index in [9.17, 15) is 0 Å². The van der Waals surface area contributed by atoms with Crippen LogP contribution in [0.2, 0.25) is 0 Å². The standard InChI is InChI=1S/C22H27NO2/c1-16(2)6-7-18-8-11-20(12-9-18)17(3)23-15-19-10-13-21(24-4)22(14-19)25-5/h6-14,16,23H,3,15H2,1-2,4-5H3/b7-6+. The summed E-state index contributed by atoms with van der Waals surface area (Å²) in [6.07, 6.45) is 4.34. The molecular formula is C22H27NO2. The molecule has 0 aliphatic heterocycles. The molecule has 0 unspecified atom stereocenters. The third-order valence-corrected chi connectivity index (χ3v) is 3.89. The van der Waals surface area contributed by atoms with E-state index < -0.39 is 0 Å². The Morgan fingerprint density at radius 3 is 2.32 bits per heavy atom. The molecule has 0 aromatic heterocycles. The largest absolute Gasteiger partial charge is 0.493 e. The molecule has 3 nitrogen and oxygen atoms in total. The van der Waals surface area contributed by atoms with Crippen LogP contribution in [0, 0.1) is 5.92 Å². The van der Waals surface area contributed by atoms with Crippen LogP contribution in [0.1, 0.15) is 30.5 Å². The van der Waals surface area contributed by atoms with Crippen LogP contribution in [0.3, 0.4) is 0 Å². The van der Waals surface area contributed by atoms with Crippen molar-refractivity contribution >= 4 is 11.8 Å². The molecule has 2 aromatic carbocycles. The molecule has 1 N–H and O–H groups in total. The number of methoxy groups -OCH3 is 2. The number of ether oxygens (including phenoxy) is 2. The Bertz CT molecular complexity index is 730. The van der Waals surface area contributed by atoms with E-state index in [-0.39, 0.29) is 0 Å². The SMILES string of the molecule is C=C(NCc1ccc(OC)c(OC)c1)c1ccc(/C=C/C(C)C)cc1. The number of allylic oxidation sites excluding steroid dienone is 1. The van der Waals surface area contributed by atoms with E-state index in [1.165, 1.54) is 5.56 Å². The molecule has 2 aromatic rings. The fraction of sp³-hybridized carbons (Fsp3) is 0.273. The predicted molar refractivity (Wildman–Crippen MR) is 106 cm³/mol. The van der Waals surface area contributed by atoms with Gasteiger partial charge in [-0.1, -0.05) is 62.9 Å². The molecule has 3 heteroatoms. The molecule has 0 atom stereocenters. The van der Waals surface area contributed by atoms with Crippen molar-refractivity contribution < 1.29 is 9.47 Å². The molecule has 0 radical (unpaired) electrons. The van der Waals surface area contributed by atoms with E-state index in [1.807, 2.05) is 18.2 Å². The summed E-state index contributed by atoms with van der Waals surface area (Å²) in [7, 11) is 3.28. The molecule has 0 aliphatic carbocycles. The quantitative estimate of drug-likeness (QED) is 0.724. The van der Waals surface area contributed by atoms with Crippen molar-refractivity contribution in [2.24, 2.45) is 5.92 Å². The van der Waals surface area contributed by atoms with Gasteiger partial charge in [0.05, 0.1) is 14.2 Å². The summed E-state index contributed by atoms with van der Waals surface area (Å²) in [6, 6.07) is 14.3. The Kier molecular flexibility index (Phi) is 6.70. The first-order valence-electron chi connectivity index (χ1n) is 8.45. The second-order valence-corrected chi connectivity index (χ2v) is 6.25. The van der Waals surface area contributed by atoms with Crippen LogP contribution in [0.5, 0.6) is 11.5 Å². The van der Waals surface area contributed by atoms with Gasteiger partial charge in [0.25, 0.3) is 0 Å². The lowest BCUT2D eigenvalue weighted by atomic mass is 10.1. The normalized spacial score (nSPS) is 10.9. The third-order valence-electron chi connectivity index (χ3n) is 3.89. The molecular weight excluding hydrogens is 310 g/mol. The first-order valence-corrected chi connectivity index (χ1v) is 8.45. The average Bonchev–Trinajstić information content (AvgIpc) is 2.64. The first-order chi connectivity index (χ1) is 12.0. The number of nitrogens with one attached hydrogen (secondary N) is 1. The van der Waals surface area contributed by atoms with Crippen LogP contribution < -0.4 is 14.8 Å². The van der Waals surface area contributed by atoms with Crippen molar-refractivity contribution in [2.75, 3.05) is 14.2 Å². The van der Waals surface area contributed by atoms with Crippen molar-refractivity contribution in [1.82, 2.24) is 5.32 Å². The average molecular weight is 337 g/mol. The van der Waals surface area contributed by atoms with Crippen LogP contribution >= 0.6 is 0 Å². The van der Waals surface area contributed by atoms with Crippen LogP contribution in [0.25, 0.3) is 11.8 Å². The zero-order chi connectivity index (χ0) is 18.2. The lowest BCUT2D eigenvalue weighted by Gasteiger charge is -2.12. The smallest absolute Gasteiger partial charge is 0.161 e. The van der Waals surface area contributed by atoms with Gasteiger partial charge >= 0.3 is 0 Å². The van der Waals surface area contributed by atoms with Gasteiger partial charge in [0.1, 0.15) is 0 Å². The van der Waals surface area contributed by atoms with E-state index in [1.54, 1.807) is 14.2 Å². The topological polar surface area (TPSA) is 30.5 Å². The van der Waals surface area contributed by atoms with Gasteiger partial charge in [0, 0.05) is 12.2 Å². The Balaban J connectivity index is 1.98. The van der Waals surface area contributed by atoms with Crippen LogP contribution in [0.4, 0.5) is 0 Å².